The van der Waals surface area contributed by atoms with Crippen molar-refractivity contribution in [2.24, 2.45) is 0 Å². The Balaban J connectivity index is 1.30. The first-order valence-corrected chi connectivity index (χ1v) is 12.3. The van der Waals surface area contributed by atoms with E-state index in [2.05, 4.69) is 25.5 Å². The largest absolute Gasteiger partial charge is 0.507 e. The number of phenolic OH excluding ortho intramolecular Hbond substituents is 1. The maximum absolute atomic E-state index is 12.5. The lowest BCUT2D eigenvalue weighted by molar-refractivity contribution is 0.0547. The van der Waals surface area contributed by atoms with Crippen LogP contribution in [0.3, 0.4) is 0 Å². The highest BCUT2D eigenvalue weighted by Gasteiger charge is 2.25. The van der Waals surface area contributed by atoms with Gasteiger partial charge in [-0.3, -0.25) is 14.5 Å². The molecule has 11 heteroatoms. The van der Waals surface area contributed by atoms with Crippen LogP contribution < -0.4 is 5.32 Å². The van der Waals surface area contributed by atoms with Crippen molar-refractivity contribution in [2.45, 2.75) is 32.4 Å². The summed E-state index contributed by atoms with van der Waals surface area (Å²) in [5, 5.41) is 33.8. The van der Waals surface area contributed by atoms with Crippen LogP contribution in [-0.4, -0.2) is 57.8 Å². The molecule has 0 fully saturated rings. The molecule has 10 nitrogen and oxygen atoms in total. The number of aliphatic hydroxyl groups is 1. The summed E-state index contributed by atoms with van der Waals surface area (Å²) < 4.78 is 3.45. The number of rotatable bonds is 8. The molecule has 194 valence electrons. The highest BCUT2D eigenvalue weighted by molar-refractivity contribution is 6.30. The van der Waals surface area contributed by atoms with Gasteiger partial charge in [0.05, 0.1) is 46.3 Å². The predicted octanol–water partition coefficient (Wildman–Crippen LogP) is 3.45. The number of pyridine rings is 2. The molecule has 1 unspecified atom stereocenters. The number of carbonyl (C=O) groups excluding carboxylic acids is 1. The number of fused-ring (bicyclic) bond motifs is 1. The van der Waals surface area contributed by atoms with E-state index in [0.29, 0.717) is 23.1 Å². The number of para-hydroxylation sites is 1. The van der Waals surface area contributed by atoms with Crippen LogP contribution in [0.2, 0.25) is 5.02 Å². The molecule has 0 bridgehead atoms. The van der Waals surface area contributed by atoms with E-state index < -0.39 is 11.5 Å². The number of carbonyl (C=O) groups is 1. The standard InChI is InChI=1S/C27H26ClN7O3/c1-17-9-18(11-30-25(17)35-14-19(28)12-32-35)13-34-15-21-22(33-34)7-8-29-23(21)10-27(2,38)16-31-26(37)20-5-3-4-6-24(20)36/h3-9,11-12,14-15,36,38H,10,13,16H2,1-2H3,(H,31,37). The van der Waals surface area contributed by atoms with Crippen molar-refractivity contribution in [2.75, 3.05) is 6.54 Å². The first-order chi connectivity index (χ1) is 18.2. The minimum absolute atomic E-state index is 0.0227. The third-order valence-electron chi connectivity index (χ3n) is 6.11. The molecular formula is C27H26ClN7O3. The number of amides is 1. The average Bonchev–Trinajstić information content (AvgIpc) is 3.49. The van der Waals surface area contributed by atoms with Crippen LogP contribution in [0.4, 0.5) is 0 Å². The first kappa shape index (κ1) is 25.4. The van der Waals surface area contributed by atoms with Gasteiger partial charge in [-0.25, -0.2) is 9.67 Å². The van der Waals surface area contributed by atoms with Crippen LogP contribution in [0, 0.1) is 6.92 Å². The van der Waals surface area contributed by atoms with Gasteiger partial charge in [-0.15, -0.1) is 0 Å². The maximum Gasteiger partial charge on any atom is 0.255 e. The molecule has 0 saturated carbocycles. The minimum Gasteiger partial charge on any atom is -0.507 e. The molecule has 1 aromatic carbocycles. The molecule has 1 amide bonds. The molecule has 1 atom stereocenters. The molecule has 5 aromatic rings. The smallest absolute Gasteiger partial charge is 0.255 e. The summed E-state index contributed by atoms with van der Waals surface area (Å²) in [6.45, 7) is 4.06. The number of phenols is 1. The van der Waals surface area contributed by atoms with E-state index in [1.807, 2.05) is 29.9 Å². The van der Waals surface area contributed by atoms with Crippen molar-refractivity contribution in [3.63, 3.8) is 0 Å². The highest BCUT2D eigenvalue weighted by atomic mass is 35.5. The second-order valence-corrected chi connectivity index (χ2v) is 9.91. The second kappa shape index (κ2) is 10.2. The summed E-state index contributed by atoms with van der Waals surface area (Å²) in [7, 11) is 0. The Hall–Kier alpha value is -4.28. The first-order valence-electron chi connectivity index (χ1n) is 11.9. The van der Waals surface area contributed by atoms with Crippen LogP contribution in [0.5, 0.6) is 5.75 Å². The lowest BCUT2D eigenvalue weighted by Crippen LogP contribution is -2.42. The molecule has 38 heavy (non-hydrogen) atoms. The molecule has 0 radical (unpaired) electrons. The van der Waals surface area contributed by atoms with E-state index in [-0.39, 0.29) is 24.3 Å². The Bertz CT molecular complexity index is 1630. The van der Waals surface area contributed by atoms with Crippen molar-refractivity contribution in [1.29, 1.82) is 0 Å². The second-order valence-electron chi connectivity index (χ2n) is 9.48. The Morgan fingerprint density at radius 3 is 2.71 bits per heavy atom. The van der Waals surface area contributed by atoms with E-state index in [0.717, 1.165) is 22.0 Å². The molecule has 0 saturated heterocycles. The van der Waals surface area contributed by atoms with Crippen LogP contribution >= 0.6 is 11.6 Å². The fraction of sp³-hybridized carbons (Fsp3) is 0.222. The molecule has 3 N–H and O–H groups in total. The number of nitrogens with one attached hydrogen (secondary N) is 1. The Morgan fingerprint density at radius 2 is 1.97 bits per heavy atom. The van der Waals surface area contributed by atoms with Crippen molar-refractivity contribution >= 4 is 28.4 Å². The number of halogens is 1. The van der Waals surface area contributed by atoms with Gasteiger partial charge in [0, 0.05) is 36.9 Å². The van der Waals surface area contributed by atoms with Gasteiger partial charge in [0.2, 0.25) is 0 Å². The van der Waals surface area contributed by atoms with E-state index in [1.54, 1.807) is 48.5 Å². The zero-order chi connectivity index (χ0) is 26.9. The number of hydrogen-bond donors (Lipinski definition) is 3. The summed E-state index contributed by atoms with van der Waals surface area (Å²) >= 11 is 5.98. The summed E-state index contributed by atoms with van der Waals surface area (Å²) in [6, 6.07) is 10.1. The highest BCUT2D eigenvalue weighted by Crippen LogP contribution is 2.22. The molecule has 0 aliphatic heterocycles. The molecule has 0 spiro atoms. The molecular weight excluding hydrogens is 506 g/mol. The zero-order valence-corrected chi connectivity index (χ0v) is 21.6. The van der Waals surface area contributed by atoms with Gasteiger partial charge in [-0.05, 0) is 49.2 Å². The van der Waals surface area contributed by atoms with Crippen LogP contribution in [0.1, 0.15) is 34.1 Å². The number of aromatic nitrogens is 6. The van der Waals surface area contributed by atoms with Crippen LogP contribution in [0.25, 0.3) is 16.7 Å². The number of benzene rings is 1. The van der Waals surface area contributed by atoms with Crippen molar-refractivity contribution in [1.82, 2.24) is 34.8 Å². The molecule has 5 rings (SSSR count). The van der Waals surface area contributed by atoms with Crippen molar-refractivity contribution < 1.29 is 15.0 Å². The van der Waals surface area contributed by atoms with E-state index in [1.165, 1.54) is 12.1 Å². The summed E-state index contributed by atoms with van der Waals surface area (Å²) in [5.74, 6) is 0.122. The van der Waals surface area contributed by atoms with Crippen LogP contribution in [0.15, 0.2) is 67.4 Å². The predicted molar refractivity (Wildman–Crippen MR) is 143 cm³/mol. The Kier molecular flexibility index (Phi) is 6.83. The summed E-state index contributed by atoms with van der Waals surface area (Å²) in [5.41, 5.74) is 2.19. The van der Waals surface area contributed by atoms with Gasteiger partial charge in [0.25, 0.3) is 5.91 Å². The van der Waals surface area contributed by atoms with E-state index in [9.17, 15) is 15.0 Å². The molecule has 0 aliphatic rings. The zero-order valence-electron chi connectivity index (χ0n) is 20.8. The van der Waals surface area contributed by atoms with Gasteiger partial charge in [-0.1, -0.05) is 23.7 Å². The van der Waals surface area contributed by atoms with E-state index >= 15 is 0 Å². The third-order valence-corrected chi connectivity index (χ3v) is 6.31. The number of nitrogens with zero attached hydrogens (tertiary/aromatic N) is 6. The maximum atomic E-state index is 12.5. The average molecular weight is 532 g/mol. The normalized spacial score (nSPS) is 12.9. The fourth-order valence-corrected chi connectivity index (χ4v) is 4.42. The van der Waals surface area contributed by atoms with Crippen LogP contribution in [-0.2, 0) is 13.0 Å². The molecule has 0 aliphatic carbocycles. The van der Waals surface area contributed by atoms with Gasteiger partial charge < -0.3 is 15.5 Å². The van der Waals surface area contributed by atoms with E-state index in [4.69, 9.17) is 11.6 Å². The van der Waals surface area contributed by atoms with Gasteiger partial charge in [0.1, 0.15) is 5.75 Å². The fourth-order valence-electron chi connectivity index (χ4n) is 4.28. The monoisotopic (exact) mass is 531 g/mol. The van der Waals surface area contributed by atoms with Gasteiger partial charge >= 0.3 is 0 Å². The topological polar surface area (TPSA) is 131 Å². The number of aromatic hydroxyl groups is 1. The number of hydrogen-bond acceptors (Lipinski definition) is 7. The van der Waals surface area contributed by atoms with Gasteiger partial charge in [0.15, 0.2) is 5.82 Å². The third kappa shape index (κ3) is 5.51. The van der Waals surface area contributed by atoms with Crippen molar-refractivity contribution in [3.8, 4) is 11.6 Å². The molecule has 4 heterocycles. The lowest BCUT2D eigenvalue weighted by atomic mass is 9.98. The quantitative estimate of drug-likeness (QED) is 0.279. The summed E-state index contributed by atoms with van der Waals surface area (Å²) in [6.07, 6.45) is 8.79. The van der Waals surface area contributed by atoms with Gasteiger partial charge in [-0.2, -0.15) is 10.2 Å². The summed E-state index contributed by atoms with van der Waals surface area (Å²) in [4.78, 5) is 21.5. The Labute approximate surface area is 223 Å². The SMILES string of the molecule is Cc1cc(Cn2cc3c(CC(C)(O)CNC(=O)c4ccccc4O)nccc3n2)cnc1-n1cc(Cl)cn1. The van der Waals surface area contributed by atoms with Crippen molar-refractivity contribution in [3.05, 3.63) is 94.8 Å². The lowest BCUT2D eigenvalue weighted by Gasteiger charge is -2.23. The molecule has 4 aromatic heterocycles. The minimum atomic E-state index is -1.28. The Morgan fingerprint density at radius 1 is 1.16 bits per heavy atom. The number of aryl methyl sites for hydroxylation is 1.